The van der Waals surface area contributed by atoms with E-state index < -0.39 is 0 Å². The summed E-state index contributed by atoms with van der Waals surface area (Å²) in [5.41, 5.74) is 7.78. The zero-order valence-corrected chi connectivity index (χ0v) is 20.3. The van der Waals surface area contributed by atoms with E-state index in [0.29, 0.717) is 0 Å². The molecule has 0 saturated carbocycles. The molecule has 1 aromatic carbocycles. The van der Waals surface area contributed by atoms with E-state index in [0.717, 1.165) is 71.4 Å². The normalized spacial score (nSPS) is 11.1. The first-order chi connectivity index (χ1) is 13.4. The van der Waals surface area contributed by atoms with Crippen molar-refractivity contribution in [1.82, 2.24) is 9.88 Å². The molecule has 0 bridgehead atoms. The van der Waals surface area contributed by atoms with Gasteiger partial charge >= 0.3 is 29.6 Å². The van der Waals surface area contributed by atoms with Gasteiger partial charge in [-0.3, -0.25) is 4.39 Å². The first-order valence-electron chi connectivity index (χ1n) is 9.83. The Morgan fingerprint density at radius 2 is 1.97 bits per heavy atom. The van der Waals surface area contributed by atoms with Crippen molar-refractivity contribution in [2.45, 2.75) is 44.6 Å². The molecule has 0 aliphatic heterocycles. The zero-order valence-electron chi connectivity index (χ0n) is 18.3. The van der Waals surface area contributed by atoms with Crippen LogP contribution in [0.1, 0.15) is 44.6 Å². The predicted molar refractivity (Wildman–Crippen MR) is 123 cm³/mol. The van der Waals surface area contributed by atoms with Crippen LogP contribution in [0.15, 0.2) is 43.1 Å². The van der Waals surface area contributed by atoms with Crippen LogP contribution in [0.3, 0.4) is 0 Å². The minimum absolute atomic E-state index is 0. The van der Waals surface area contributed by atoms with Gasteiger partial charge in [-0.2, -0.15) is 6.42 Å². The predicted octanol–water partition coefficient (Wildman–Crippen LogP) is 1.64. The van der Waals surface area contributed by atoms with Crippen molar-refractivity contribution in [2.75, 3.05) is 19.5 Å². The van der Waals surface area contributed by atoms with Crippen LogP contribution in [0.5, 0.6) is 0 Å². The number of hydrogen-bond acceptors (Lipinski definition) is 2. The number of nitrogens with zero attached hydrogens (tertiary/aromatic N) is 1. The second-order valence-corrected chi connectivity index (χ2v) is 6.79. The maximum atomic E-state index is 11.3. The smallest absolute Gasteiger partial charge is 0.398 e. The molecule has 1 unspecified atom stereocenters. The van der Waals surface area contributed by atoms with Gasteiger partial charge in [-0.1, -0.05) is 50.8 Å². The number of anilines is 1. The molecule has 154 valence electrons. The molecular weight excluding hydrogens is 372 g/mol. The summed E-state index contributed by atoms with van der Waals surface area (Å²) in [6.07, 6.45) is 7.45. The van der Waals surface area contributed by atoms with E-state index in [-0.39, 0.29) is 42.3 Å². The molecule has 0 amide bonds. The molecule has 29 heavy (non-hydrogen) atoms. The Balaban J connectivity index is 0.000000846. The summed E-state index contributed by atoms with van der Waals surface area (Å²) in [5, 5.41) is 6.99. The van der Waals surface area contributed by atoms with Crippen molar-refractivity contribution in [3.63, 3.8) is 0 Å². The molecular formula is C24H35FN3Na. The van der Waals surface area contributed by atoms with Crippen molar-refractivity contribution in [1.29, 1.82) is 0 Å². The molecule has 0 saturated heterocycles. The van der Waals surface area contributed by atoms with Crippen molar-refractivity contribution in [2.24, 2.45) is 0 Å². The summed E-state index contributed by atoms with van der Waals surface area (Å²) in [7, 11) is 1.88. The topological polar surface area (TPSA) is 43.0 Å². The number of aromatic nitrogens is 1. The fraction of sp³-hybridized carbons (Fsp3) is 0.375. The van der Waals surface area contributed by atoms with Crippen LogP contribution < -0.4 is 51.3 Å². The fourth-order valence-corrected chi connectivity index (χ4v) is 3.27. The van der Waals surface area contributed by atoms with Gasteiger partial charge in [0.05, 0.1) is 12.7 Å². The van der Waals surface area contributed by atoms with Crippen molar-refractivity contribution >= 4 is 29.6 Å². The van der Waals surface area contributed by atoms with Crippen LogP contribution in [-0.2, 0) is 0 Å². The van der Waals surface area contributed by atoms with E-state index in [4.69, 9.17) is 5.73 Å². The molecule has 2 rings (SSSR count). The number of hydrogen-bond donors (Lipinski definition) is 2. The monoisotopic (exact) mass is 407 g/mol. The number of nitrogen functional groups attached to an aromatic ring is 1. The molecule has 0 spiro atoms. The van der Waals surface area contributed by atoms with Gasteiger partial charge in [-0.15, -0.1) is 6.58 Å². The van der Waals surface area contributed by atoms with Gasteiger partial charge in [0, 0.05) is 39.9 Å². The van der Waals surface area contributed by atoms with Crippen LogP contribution in [0.4, 0.5) is 10.1 Å². The van der Waals surface area contributed by atoms with Gasteiger partial charge in [0.15, 0.2) is 0 Å². The largest absolute Gasteiger partial charge is 1.00 e. The Kier molecular flexibility index (Phi) is 13.7. The Hall–Kier alpha value is -1.49. The van der Waals surface area contributed by atoms with Crippen molar-refractivity contribution < 1.29 is 33.9 Å². The first-order valence-corrected chi connectivity index (χ1v) is 9.83. The summed E-state index contributed by atoms with van der Waals surface area (Å²) in [5.74, 6) is 0. The van der Waals surface area contributed by atoms with Crippen LogP contribution in [-0.4, -0.2) is 18.3 Å². The number of nitrogens with one attached hydrogen (secondary N) is 1. The number of benzene rings is 1. The van der Waals surface area contributed by atoms with Crippen molar-refractivity contribution in [3.8, 4) is 0 Å². The van der Waals surface area contributed by atoms with Crippen LogP contribution in [0, 0.1) is 6.92 Å². The SMILES string of the molecule is C=CCCC(C(=C)NC)n1c(=C)c2cccc(N)c2c1=C.[CH2-]CCCCCF.[Na+]. The molecule has 0 radical (unpaired) electrons. The first kappa shape index (κ1) is 27.5. The van der Waals surface area contributed by atoms with Crippen LogP contribution in [0.25, 0.3) is 23.9 Å². The van der Waals surface area contributed by atoms with E-state index in [1.54, 1.807) is 0 Å². The Morgan fingerprint density at radius 3 is 2.48 bits per heavy atom. The Bertz CT molecular complexity index is 868. The summed E-state index contributed by atoms with van der Waals surface area (Å²) in [6.45, 7) is 19.8. The summed E-state index contributed by atoms with van der Waals surface area (Å²) >= 11 is 0. The number of alkyl halides is 1. The van der Waals surface area contributed by atoms with Gasteiger partial charge in [0.1, 0.15) is 0 Å². The maximum Gasteiger partial charge on any atom is 1.00 e. The second kappa shape index (κ2) is 14.5. The van der Waals surface area contributed by atoms with E-state index in [1.807, 2.05) is 31.3 Å². The molecule has 1 atom stereocenters. The van der Waals surface area contributed by atoms with E-state index >= 15 is 0 Å². The molecule has 3 nitrogen and oxygen atoms in total. The molecule has 2 aromatic rings. The second-order valence-electron chi connectivity index (χ2n) is 6.79. The maximum absolute atomic E-state index is 11.3. The van der Waals surface area contributed by atoms with Crippen LogP contribution >= 0.6 is 0 Å². The van der Waals surface area contributed by atoms with Gasteiger partial charge in [0.25, 0.3) is 0 Å². The molecule has 1 heterocycles. The summed E-state index contributed by atoms with van der Waals surface area (Å²) in [4.78, 5) is 0. The minimum Gasteiger partial charge on any atom is -0.398 e. The standard InChI is InChI=1S/C18H23N3.C6H12F.Na/c1-6-7-11-17(12(2)20-5)21-13(3)15-9-8-10-16(19)18(15)14(21)4;1-2-3-4-5-6-7;/h6,8-10,17,20H,1-4,7,11,19H2,5H3;1-6H2;/q;-1;+1. The summed E-state index contributed by atoms with van der Waals surface area (Å²) < 4.78 is 13.4. The average molecular weight is 408 g/mol. The van der Waals surface area contributed by atoms with Crippen LogP contribution in [0.2, 0.25) is 0 Å². The van der Waals surface area contributed by atoms with Gasteiger partial charge in [0.2, 0.25) is 0 Å². The minimum atomic E-state index is -0.167. The van der Waals surface area contributed by atoms with E-state index in [9.17, 15) is 4.39 Å². The molecule has 0 fully saturated rings. The average Bonchev–Trinajstić information content (AvgIpc) is 2.95. The Labute approximate surface area is 197 Å². The number of halogens is 1. The number of allylic oxidation sites excluding steroid dienone is 2. The van der Waals surface area contributed by atoms with Gasteiger partial charge < -0.3 is 22.5 Å². The fourth-order valence-electron chi connectivity index (χ4n) is 3.27. The summed E-state index contributed by atoms with van der Waals surface area (Å²) in [6, 6.07) is 5.96. The molecule has 3 N–H and O–H groups in total. The number of nitrogens with two attached hydrogens (primary N) is 1. The molecule has 5 heteroatoms. The third-order valence-corrected chi connectivity index (χ3v) is 4.84. The Morgan fingerprint density at radius 1 is 1.28 bits per heavy atom. The number of unbranched alkanes of at least 4 members (excludes halogenated alkanes) is 3. The quantitative estimate of drug-likeness (QED) is 0.207. The zero-order chi connectivity index (χ0) is 21.1. The number of likely N-dealkylation sites (N-methyl/N-ethyl adjacent to an activating group) is 1. The molecule has 1 aromatic heterocycles. The third-order valence-electron chi connectivity index (χ3n) is 4.84. The van der Waals surface area contributed by atoms with E-state index in [1.165, 1.54) is 0 Å². The van der Waals surface area contributed by atoms with E-state index in [2.05, 4.69) is 43.1 Å². The molecule has 0 aliphatic carbocycles. The van der Waals surface area contributed by atoms with Gasteiger partial charge in [-0.25, -0.2) is 0 Å². The molecule has 0 aliphatic rings. The third kappa shape index (κ3) is 7.36. The number of rotatable bonds is 10. The van der Waals surface area contributed by atoms with Gasteiger partial charge in [-0.05, 0) is 25.3 Å². The van der Waals surface area contributed by atoms with Crippen molar-refractivity contribution in [3.05, 3.63) is 60.8 Å². The number of fused-ring (bicyclic) bond motifs is 1.